The zero-order valence-electron chi connectivity index (χ0n) is 28.3. The average molecular weight is 702 g/mol. The Labute approximate surface area is 300 Å². The number of aryl methyl sites for hydroxylation is 2. The lowest BCUT2D eigenvalue weighted by Crippen LogP contribution is -2.53. The second-order valence-electron chi connectivity index (χ2n) is 13.9. The quantitative estimate of drug-likeness (QED) is 0.167. The molecule has 4 amide bonds. The van der Waals surface area contributed by atoms with Crippen molar-refractivity contribution in [1.82, 2.24) is 5.01 Å². The molecule has 4 aromatic rings. The number of hydrazine groups is 1. The third-order valence-electron chi connectivity index (χ3n) is 11.4. The highest BCUT2D eigenvalue weighted by Crippen LogP contribution is 2.65. The predicted octanol–water partition coefficient (Wildman–Crippen LogP) is 6.86. The first kappa shape index (κ1) is 32.8. The maximum atomic E-state index is 15.3. The summed E-state index contributed by atoms with van der Waals surface area (Å²) in [5, 5.41) is 13.3. The molecule has 0 bridgehead atoms. The molecule has 2 aliphatic carbocycles. The van der Waals surface area contributed by atoms with Crippen LogP contribution in [0, 0.1) is 37.5 Å². The molecule has 0 unspecified atom stereocenters. The first-order chi connectivity index (χ1) is 24.6. The predicted molar refractivity (Wildman–Crippen MR) is 192 cm³/mol. The number of allylic oxidation sites excluding steroid dienone is 2. The van der Waals surface area contributed by atoms with Crippen molar-refractivity contribution >= 4 is 46.6 Å². The summed E-state index contributed by atoms with van der Waals surface area (Å²) in [6.45, 7) is 3.80. The minimum atomic E-state index is -1.51. The zero-order valence-corrected chi connectivity index (χ0v) is 29.1. The number of phenols is 1. The van der Waals surface area contributed by atoms with E-state index in [0.29, 0.717) is 27.5 Å². The van der Waals surface area contributed by atoms with Crippen molar-refractivity contribution in [2.75, 3.05) is 17.4 Å². The number of fused-ring (bicyclic) bond motifs is 4. The number of hydrogen-bond acceptors (Lipinski definition) is 7. The minimum Gasteiger partial charge on any atom is -0.504 e. The van der Waals surface area contributed by atoms with Crippen molar-refractivity contribution in [2.45, 2.75) is 38.0 Å². The standard InChI is InChI=1S/C41H36ClN3O6/c1-22-12-15-25(16-13-22)43-45-38(48)31-21-30-27(18-19-28-34(30)39(49)44(37(28)47)26-17-14-23(2)32(42)20-26)35(29-10-7-11-33(51-3)36(29)46)41(31,40(45)50)24-8-5-4-6-9-24/h4-18,20,28,30-31,34-35,43,46H,19,21H2,1-3H3/t28-,30+,31-,34-,35+,41+/m0/s1. The van der Waals surface area contributed by atoms with Gasteiger partial charge in [-0.3, -0.25) is 24.6 Å². The van der Waals surface area contributed by atoms with Gasteiger partial charge in [0.1, 0.15) is 0 Å². The van der Waals surface area contributed by atoms with Gasteiger partial charge in [0.25, 0.3) is 11.8 Å². The number of phenolic OH excluding ortho intramolecular Hbond substituents is 1. The topological polar surface area (TPSA) is 116 Å². The van der Waals surface area contributed by atoms with E-state index in [-0.39, 0.29) is 36.2 Å². The van der Waals surface area contributed by atoms with Crippen LogP contribution in [0.25, 0.3) is 0 Å². The molecule has 51 heavy (non-hydrogen) atoms. The van der Waals surface area contributed by atoms with Gasteiger partial charge in [0, 0.05) is 16.5 Å². The number of imide groups is 2. The third-order valence-corrected chi connectivity index (χ3v) is 11.8. The molecule has 9 nitrogen and oxygen atoms in total. The smallest absolute Gasteiger partial charge is 0.260 e. The Hall–Kier alpha value is -5.41. The summed E-state index contributed by atoms with van der Waals surface area (Å²) in [6, 6.07) is 26.8. The summed E-state index contributed by atoms with van der Waals surface area (Å²) in [6.07, 6.45) is 2.35. The van der Waals surface area contributed by atoms with Crippen molar-refractivity contribution in [3.05, 3.63) is 130 Å². The molecular formula is C41H36ClN3O6. The Balaban J connectivity index is 1.33. The molecule has 4 aliphatic rings. The Kier molecular flexibility index (Phi) is 7.79. The molecule has 2 saturated heterocycles. The SMILES string of the molecule is COc1cccc([C@H]2C3=CC[C@@H]4C(=O)N(c5ccc(C)c(Cl)c5)C(=O)[C@@H]4[C@@H]3C[C@H]3C(=O)N(Nc4ccc(C)cc4)C(=O)[C@@]23c2ccccc2)c1O. The normalized spacial score (nSPS) is 26.8. The van der Waals surface area contributed by atoms with Crippen LogP contribution in [0.15, 0.2) is 103 Å². The summed E-state index contributed by atoms with van der Waals surface area (Å²) < 4.78 is 5.54. The number of carbonyl (C=O) groups is 4. The van der Waals surface area contributed by atoms with Crippen molar-refractivity contribution in [2.24, 2.45) is 23.7 Å². The minimum absolute atomic E-state index is 0.140. The van der Waals surface area contributed by atoms with E-state index in [0.717, 1.165) is 21.7 Å². The van der Waals surface area contributed by atoms with E-state index in [2.05, 4.69) is 5.43 Å². The summed E-state index contributed by atoms with van der Waals surface area (Å²) in [5.74, 6) is -5.42. The Bertz CT molecular complexity index is 2150. The molecule has 2 N–H and O–H groups in total. The van der Waals surface area contributed by atoms with E-state index in [1.165, 1.54) is 12.0 Å². The largest absolute Gasteiger partial charge is 0.504 e. The highest BCUT2D eigenvalue weighted by molar-refractivity contribution is 6.32. The molecule has 10 heteroatoms. The first-order valence-corrected chi connectivity index (χ1v) is 17.4. The highest BCUT2D eigenvalue weighted by atomic mass is 35.5. The highest BCUT2D eigenvalue weighted by Gasteiger charge is 2.70. The molecule has 6 atom stereocenters. The number of halogens is 1. The fourth-order valence-corrected chi connectivity index (χ4v) is 9.18. The van der Waals surface area contributed by atoms with E-state index >= 15 is 4.79 Å². The first-order valence-electron chi connectivity index (χ1n) is 17.0. The molecule has 0 aromatic heterocycles. The lowest BCUT2D eigenvalue weighted by molar-refractivity contribution is -0.138. The van der Waals surface area contributed by atoms with Gasteiger partial charge in [-0.05, 0) is 74.1 Å². The molecule has 0 radical (unpaired) electrons. The number of methoxy groups -OCH3 is 1. The Morgan fingerprint density at radius 1 is 0.863 bits per heavy atom. The lowest BCUT2D eigenvalue weighted by atomic mass is 9.49. The number of rotatable bonds is 6. The maximum absolute atomic E-state index is 15.3. The van der Waals surface area contributed by atoms with Gasteiger partial charge in [0.05, 0.1) is 41.7 Å². The van der Waals surface area contributed by atoms with E-state index < -0.39 is 46.8 Å². The molecule has 3 fully saturated rings. The summed E-state index contributed by atoms with van der Waals surface area (Å²) in [7, 11) is 1.45. The van der Waals surface area contributed by atoms with Crippen molar-refractivity contribution in [3.63, 3.8) is 0 Å². The van der Waals surface area contributed by atoms with Crippen LogP contribution < -0.4 is 15.1 Å². The van der Waals surface area contributed by atoms with Crippen LogP contribution in [0.1, 0.15) is 41.0 Å². The number of amides is 4. The van der Waals surface area contributed by atoms with E-state index in [1.54, 1.807) is 48.5 Å². The van der Waals surface area contributed by atoms with Crippen LogP contribution in [0.5, 0.6) is 11.5 Å². The second kappa shape index (κ2) is 12.1. The number of nitrogens with zero attached hydrogens (tertiary/aromatic N) is 2. The Morgan fingerprint density at radius 3 is 2.31 bits per heavy atom. The number of para-hydroxylation sites is 1. The zero-order chi connectivity index (χ0) is 35.8. The molecule has 0 spiro atoms. The van der Waals surface area contributed by atoms with Crippen LogP contribution in [-0.4, -0.2) is 40.9 Å². The fourth-order valence-electron chi connectivity index (χ4n) is 9.00. The average Bonchev–Trinajstić information content (AvgIpc) is 3.52. The van der Waals surface area contributed by atoms with Gasteiger partial charge in [0.2, 0.25) is 11.8 Å². The van der Waals surface area contributed by atoms with E-state index in [1.807, 2.05) is 62.4 Å². The number of aromatic hydroxyl groups is 1. The summed E-state index contributed by atoms with van der Waals surface area (Å²) in [4.78, 5) is 59.9. The van der Waals surface area contributed by atoms with Gasteiger partial charge >= 0.3 is 0 Å². The maximum Gasteiger partial charge on any atom is 0.260 e. The van der Waals surface area contributed by atoms with Gasteiger partial charge in [0.15, 0.2) is 11.5 Å². The molecule has 2 heterocycles. The molecule has 2 aliphatic heterocycles. The summed E-state index contributed by atoms with van der Waals surface area (Å²) >= 11 is 6.45. The third kappa shape index (κ3) is 4.74. The van der Waals surface area contributed by atoms with Gasteiger partial charge < -0.3 is 9.84 Å². The Morgan fingerprint density at radius 2 is 1.61 bits per heavy atom. The number of anilines is 2. The van der Waals surface area contributed by atoms with Gasteiger partial charge in [-0.15, -0.1) is 0 Å². The molecule has 258 valence electrons. The van der Waals surface area contributed by atoms with Crippen LogP contribution in [0.3, 0.4) is 0 Å². The number of ether oxygens (including phenoxy) is 1. The molecular weight excluding hydrogens is 666 g/mol. The fraction of sp³-hybridized carbons (Fsp3) is 0.268. The van der Waals surface area contributed by atoms with Crippen LogP contribution in [0.2, 0.25) is 5.02 Å². The van der Waals surface area contributed by atoms with Crippen LogP contribution in [0.4, 0.5) is 11.4 Å². The van der Waals surface area contributed by atoms with Gasteiger partial charge in [-0.1, -0.05) is 89.5 Å². The van der Waals surface area contributed by atoms with Gasteiger partial charge in [-0.25, -0.2) is 4.90 Å². The van der Waals surface area contributed by atoms with Crippen molar-refractivity contribution in [3.8, 4) is 11.5 Å². The number of benzene rings is 4. The molecule has 4 aromatic carbocycles. The van der Waals surface area contributed by atoms with E-state index in [4.69, 9.17) is 16.3 Å². The van der Waals surface area contributed by atoms with Gasteiger partial charge in [-0.2, -0.15) is 5.01 Å². The van der Waals surface area contributed by atoms with Crippen molar-refractivity contribution in [1.29, 1.82) is 0 Å². The monoisotopic (exact) mass is 701 g/mol. The molecule has 1 saturated carbocycles. The van der Waals surface area contributed by atoms with E-state index in [9.17, 15) is 19.5 Å². The number of nitrogens with one attached hydrogen (secondary N) is 1. The lowest BCUT2D eigenvalue weighted by Gasteiger charge is -2.50. The van der Waals surface area contributed by atoms with Crippen molar-refractivity contribution < 1.29 is 29.0 Å². The van der Waals surface area contributed by atoms with Crippen LogP contribution in [-0.2, 0) is 24.6 Å². The number of hydrogen-bond donors (Lipinski definition) is 2. The number of carbonyl (C=O) groups excluding carboxylic acids is 4. The second-order valence-corrected chi connectivity index (χ2v) is 14.3. The summed E-state index contributed by atoms with van der Waals surface area (Å²) in [5.41, 5.74) is 6.13. The molecule has 8 rings (SSSR count). The van der Waals surface area contributed by atoms with Crippen LogP contribution >= 0.6 is 11.6 Å².